The third-order valence-electron chi connectivity index (χ3n) is 14.6. The van der Waals surface area contributed by atoms with E-state index in [1.807, 2.05) is 6.07 Å². The Hall–Kier alpha value is -7.76. The van der Waals surface area contributed by atoms with Crippen molar-refractivity contribution >= 4 is 101 Å². The summed E-state index contributed by atoms with van der Waals surface area (Å²) in [6.07, 6.45) is 6.30. The highest BCUT2D eigenvalue weighted by molar-refractivity contribution is 7.00. The zero-order valence-corrected chi connectivity index (χ0v) is 35.9. The number of hydrogen-bond acceptors (Lipinski definition) is 4. The SMILES string of the molecule is c1ccc(N2c3ccc(-c4cccc5c4oc4ccccc45)cc3B3c4ccc(-c5ccc6c(c5)oc5ccccc56)cc4N(c4ccccc4)c4cc(C5CCCCC5)cc2c43)cc1. The molecule has 1 aliphatic carbocycles. The molecule has 0 spiro atoms. The molecule has 1 fully saturated rings. The van der Waals surface area contributed by atoms with Gasteiger partial charge in [0.15, 0.2) is 0 Å². The summed E-state index contributed by atoms with van der Waals surface area (Å²) < 4.78 is 13.1. The van der Waals surface area contributed by atoms with Crippen LogP contribution in [-0.2, 0) is 0 Å². The quantitative estimate of drug-likeness (QED) is 0.162. The van der Waals surface area contributed by atoms with Crippen molar-refractivity contribution in [2.45, 2.75) is 38.0 Å². The maximum absolute atomic E-state index is 6.68. The summed E-state index contributed by atoms with van der Waals surface area (Å²) in [5.41, 5.74) is 20.8. The molecule has 1 saturated carbocycles. The minimum atomic E-state index is -0.0351. The second kappa shape index (κ2) is 14.4. The molecule has 9 aromatic carbocycles. The van der Waals surface area contributed by atoms with Gasteiger partial charge in [-0.25, -0.2) is 0 Å². The van der Waals surface area contributed by atoms with Crippen LogP contribution >= 0.6 is 0 Å². The lowest BCUT2D eigenvalue weighted by molar-refractivity contribution is 0.444. The van der Waals surface area contributed by atoms with Gasteiger partial charge >= 0.3 is 0 Å². The topological polar surface area (TPSA) is 32.8 Å². The average Bonchev–Trinajstić information content (AvgIpc) is 3.95. The van der Waals surface area contributed by atoms with Crippen LogP contribution in [0.2, 0.25) is 0 Å². The van der Waals surface area contributed by atoms with Crippen molar-refractivity contribution in [2.24, 2.45) is 0 Å². The average molecular weight is 835 g/mol. The number of hydrogen-bond donors (Lipinski definition) is 0. The van der Waals surface area contributed by atoms with Gasteiger partial charge in [-0.15, -0.1) is 0 Å². The molecular weight excluding hydrogens is 791 g/mol. The summed E-state index contributed by atoms with van der Waals surface area (Å²) in [6, 6.07) is 71.5. The van der Waals surface area contributed by atoms with Crippen molar-refractivity contribution < 1.29 is 8.83 Å². The van der Waals surface area contributed by atoms with Crippen LogP contribution in [0.3, 0.4) is 0 Å². The Labute approximate surface area is 378 Å². The third kappa shape index (κ3) is 5.64. The molecule has 0 unspecified atom stereocenters. The molecule has 2 aliphatic heterocycles. The zero-order chi connectivity index (χ0) is 42.6. The van der Waals surface area contributed by atoms with Crippen LogP contribution in [0.25, 0.3) is 66.1 Å². The first-order valence-corrected chi connectivity index (χ1v) is 23.2. The van der Waals surface area contributed by atoms with Crippen molar-refractivity contribution in [2.75, 3.05) is 9.80 Å². The van der Waals surface area contributed by atoms with Crippen LogP contribution in [0.15, 0.2) is 203 Å². The highest BCUT2D eigenvalue weighted by Crippen LogP contribution is 2.48. The van der Waals surface area contributed by atoms with E-state index in [1.54, 1.807) is 0 Å². The third-order valence-corrected chi connectivity index (χ3v) is 14.6. The summed E-state index contributed by atoms with van der Waals surface area (Å²) in [7, 11) is 0. The normalized spacial score (nSPS) is 14.6. The number of anilines is 6. The summed E-state index contributed by atoms with van der Waals surface area (Å²) in [4.78, 5) is 5.11. The van der Waals surface area contributed by atoms with E-state index in [2.05, 4.69) is 198 Å². The highest BCUT2D eigenvalue weighted by atomic mass is 16.3. The molecule has 0 N–H and O–H groups in total. The summed E-state index contributed by atoms with van der Waals surface area (Å²) in [5, 5.41) is 4.56. The van der Waals surface area contributed by atoms with Crippen LogP contribution < -0.4 is 26.2 Å². The van der Waals surface area contributed by atoms with E-state index in [1.165, 1.54) is 76.8 Å². The fourth-order valence-electron chi connectivity index (χ4n) is 11.6. The first-order chi connectivity index (χ1) is 32.2. The molecule has 4 heterocycles. The Morgan fingerprint density at radius 3 is 1.75 bits per heavy atom. The fourth-order valence-corrected chi connectivity index (χ4v) is 11.6. The molecular formula is C60H43BN2O2. The lowest BCUT2D eigenvalue weighted by Crippen LogP contribution is -2.61. The van der Waals surface area contributed by atoms with Crippen LogP contribution in [0, 0.1) is 0 Å². The van der Waals surface area contributed by atoms with E-state index in [0.29, 0.717) is 5.92 Å². The monoisotopic (exact) mass is 834 g/mol. The molecule has 11 aromatic rings. The standard InChI is InChI=1S/C60H43BN2O2/c1-4-15-38(16-5-1)42-35-54-59-55(36-42)63(44-19-8-3-9-20-44)53-34-39(40-27-30-48-46-21-10-12-25-56(46)64-58(48)37-40)28-31-50(53)61(59)51-33-41(29-32-52(51)62(54)43-17-6-2-7-18-43)45-23-14-24-49-47-22-11-13-26-57(47)65-60(45)49/h2-3,6-14,17-38H,1,4-5,15-16H2. The van der Waals surface area contributed by atoms with Crippen LogP contribution in [0.5, 0.6) is 0 Å². The predicted molar refractivity (Wildman–Crippen MR) is 272 cm³/mol. The first kappa shape index (κ1) is 36.7. The Kier molecular flexibility index (Phi) is 8.12. The van der Waals surface area contributed by atoms with Gasteiger partial charge in [0.1, 0.15) is 22.3 Å². The number of nitrogens with zero attached hydrogens (tertiary/aromatic N) is 2. The maximum Gasteiger partial charge on any atom is 0.252 e. The first-order valence-electron chi connectivity index (χ1n) is 23.2. The smallest absolute Gasteiger partial charge is 0.252 e. The molecule has 0 saturated heterocycles. The van der Waals surface area contributed by atoms with Gasteiger partial charge in [-0.05, 0) is 130 Å². The Morgan fingerprint density at radius 2 is 1.00 bits per heavy atom. The molecule has 0 bridgehead atoms. The molecule has 4 nitrogen and oxygen atoms in total. The molecule has 0 radical (unpaired) electrons. The second-order valence-corrected chi connectivity index (χ2v) is 18.2. The number of benzene rings is 9. The number of furan rings is 2. The summed E-state index contributed by atoms with van der Waals surface area (Å²) in [6.45, 7) is -0.0351. The highest BCUT2D eigenvalue weighted by Gasteiger charge is 2.44. The maximum atomic E-state index is 6.68. The van der Waals surface area contributed by atoms with Crippen LogP contribution in [0.1, 0.15) is 43.6 Å². The van der Waals surface area contributed by atoms with Gasteiger partial charge in [0.05, 0.1) is 0 Å². The van der Waals surface area contributed by atoms with Crippen molar-refractivity contribution in [3.63, 3.8) is 0 Å². The van der Waals surface area contributed by atoms with Gasteiger partial charge in [-0.2, -0.15) is 0 Å². The number of rotatable bonds is 5. The van der Waals surface area contributed by atoms with E-state index in [0.717, 1.165) is 77.5 Å². The van der Waals surface area contributed by atoms with Crippen molar-refractivity contribution in [3.05, 3.63) is 200 Å². The molecule has 5 heteroatoms. The Balaban J connectivity index is 1.04. The molecule has 14 rings (SSSR count). The van der Waals surface area contributed by atoms with Crippen LogP contribution in [-0.4, -0.2) is 6.71 Å². The Bertz CT molecular complexity index is 3680. The minimum absolute atomic E-state index is 0.0351. The lowest BCUT2D eigenvalue weighted by Gasteiger charge is -2.45. The second-order valence-electron chi connectivity index (χ2n) is 18.2. The van der Waals surface area contributed by atoms with Gasteiger partial charge < -0.3 is 18.6 Å². The summed E-state index contributed by atoms with van der Waals surface area (Å²) in [5.74, 6) is 0.510. The van der Waals surface area contributed by atoms with E-state index in [9.17, 15) is 0 Å². The van der Waals surface area contributed by atoms with Gasteiger partial charge in [0, 0.05) is 61.2 Å². The number of para-hydroxylation sites is 5. The van der Waals surface area contributed by atoms with Gasteiger partial charge in [0.25, 0.3) is 6.71 Å². The zero-order valence-electron chi connectivity index (χ0n) is 35.9. The molecule has 0 amide bonds. The molecule has 2 aromatic heterocycles. The van der Waals surface area contributed by atoms with Crippen molar-refractivity contribution in [3.8, 4) is 22.3 Å². The largest absolute Gasteiger partial charge is 0.456 e. The molecule has 65 heavy (non-hydrogen) atoms. The van der Waals surface area contributed by atoms with Gasteiger partial charge in [-0.1, -0.05) is 141 Å². The van der Waals surface area contributed by atoms with E-state index in [4.69, 9.17) is 8.83 Å². The van der Waals surface area contributed by atoms with Gasteiger partial charge in [-0.3, -0.25) is 0 Å². The van der Waals surface area contributed by atoms with Crippen molar-refractivity contribution in [1.82, 2.24) is 0 Å². The minimum Gasteiger partial charge on any atom is -0.456 e. The van der Waals surface area contributed by atoms with Gasteiger partial charge in [0.2, 0.25) is 0 Å². The molecule has 0 atom stereocenters. The fraction of sp³-hybridized carbons (Fsp3) is 0.100. The van der Waals surface area contributed by atoms with Crippen molar-refractivity contribution in [1.29, 1.82) is 0 Å². The van der Waals surface area contributed by atoms with E-state index in [-0.39, 0.29) is 6.71 Å². The summed E-state index contributed by atoms with van der Waals surface area (Å²) >= 11 is 0. The van der Waals surface area contributed by atoms with Crippen LogP contribution in [0.4, 0.5) is 34.1 Å². The van der Waals surface area contributed by atoms with E-state index >= 15 is 0 Å². The molecule has 3 aliphatic rings. The van der Waals surface area contributed by atoms with E-state index < -0.39 is 0 Å². The molecule has 308 valence electrons. The number of fused-ring (bicyclic) bond motifs is 10. The Morgan fingerprint density at radius 1 is 0.400 bits per heavy atom. The predicted octanol–water partition coefficient (Wildman–Crippen LogP) is 14.9. The lowest BCUT2D eigenvalue weighted by atomic mass is 9.33.